The average Bonchev–Trinajstić information content (AvgIpc) is 2.53. The molecule has 1 unspecified atom stereocenters. The quantitative estimate of drug-likeness (QED) is 0.699. The number of carbonyl (C=O) groups is 1. The van der Waals surface area contributed by atoms with Crippen LogP contribution in [0.2, 0.25) is 0 Å². The Balaban J connectivity index is 2.88. The molecule has 1 aromatic rings. The number of nitrogens with zero attached hydrogens (tertiary/aromatic N) is 2. The van der Waals surface area contributed by atoms with Crippen LogP contribution in [0.3, 0.4) is 0 Å². The summed E-state index contributed by atoms with van der Waals surface area (Å²) in [6.07, 6.45) is -4.73. The van der Waals surface area contributed by atoms with Gasteiger partial charge in [-0.05, 0) is 31.4 Å². The zero-order chi connectivity index (χ0) is 19.0. The summed E-state index contributed by atoms with van der Waals surface area (Å²) >= 11 is 0. The SMILES string of the molecule is CC(C)CCN(CCC#N)C(=O)C(C)Oc1ccccc1C(F)(F)F. The lowest BCUT2D eigenvalue weighted by atomic mass is 10.1. The summed E-state index contributed by atoms with van der Waals surface area (Å²) in [5.41, 5.74) is -0.916. The molecule has 1 atom stereocenters. The maximum Gasteiger partial charge on any atom is 0.419 e. The van der Waals surface area contributed by atoms with Crippen LogP contribution in [-0.2, 0) is 11.0 Å². The van der Waals surface area contributed by atoms with Gasteiger partial charge in [-0.15, -0.1) is 0 Å². The van der Waals surface area contributed by atoms with E-state index in [0.29, 0.717) is 12.5 Å². The van der Waals surface area contributed by atoms with Crippen molar-refractivity contribution in [3.8, 4) is 11.8 Å². The number of para-hydroxylation sites is 1. The third-order valence-electron chi connectivity index (χ3n) is 3.63. The largest absolute Gasteiger partial charge is 0.480 e. The highest BCUT2D eigenvalue weighted by Gasteiger charge is 2.35. The lowest BCUT2D eigenvalue weighted by Gasteiger charge is -2.26. The van der Waals surface area contributed by atoms with Gasteiger partial charge in [0, 0.05) is 13.1 Å². The van der Waals surface area contributed by atoms with Crippen molar-refractivity contribution in [2.45, 2.75) is 45.9 Å². The van der Waals surface area contributed by atoms with Crippen LogP contribution in [-0.4, -0.2) is 30.0 Å². The van der Waals surface area contributed by atoms with Crippen molar-refractivity contribution in [3.05, 3.63) is 29.8 Å². The molecule has 25 heavy (non-hydrogen) atoms. The van der Waals surface area contributed by atoms with E-state index < -0.39 is 23.8 Å². The standard InChI is InChI=1S/C18H23F3N2O2/c1-13(2)9-12-23(11-6-10-22)17(24)14(3)25-16-8-5-4-7-15(16)18(19,20)21/h4-5,7-8,13-14H,6,9,11-12H2,1-3H3. The highest BCUT2D eigenvalue weighted by Crippen LogP contribution is 2.36. The first-order chi connectivity index (χ1) is 11.7. The Morgan fingerprint density at radius 2 is 1.88 bits per heavy atom. The molecule has 0 bridgehead atoms. The van der Waals surface area contributed by atoms with Gasteiger partial charge in [0.05, 0.1) is 18.1 Å². The Morgan fingerprint density at radius 1 is 1.24 bits per heavy atom. The lowest BCUT2D eigenvalue weighted by molar-refractivity contribution is -0.143. The first-order valence-corrected chi connectivity index (χ1v) is 8.15. The maximum absolute atomic E-state index is 13.0. The number of carbonyl (C=O) groups excluding carboxylic acids is 1. The monoisotopic (exact) mass is 356 g/mol. The van der Waals surface area contributed by atoms with Crippen LogP contribution in [0.5, 0.6) is 5.75 Å². The van der Waals surface area contributed by atoms with Crippen molar-refractivity contribution in [1.82, 2.24) is 4.90 Å². The van der Waals surface area contributed by atoms with Crippen molar-refractivity contribution in [2.24, 2.45) is 5.92 Å². The molecule has 0 aliphatic heterocycles. The van der Waals surface area contributed by atoms with Crippen LogP contribution >= 0.6 is 0 Å². The Labute approximate surface area is 146 Å². The van der Waals surface area contributed by atoms with E-state index in [1.165, 1.54) is 30.0 Å². The van der Waals surface area contributed by atoms with Gasteiger partial charge >= 0.3 is 6.18 Å². The molecule has 4 nitrogen and oxygen atoms in total. The Bertz CT molecular complexity index is 609. The number of amides is 1. The summed E-state index contributed by atoms with van der Waals surface area (Å²) in [5, 5.41) is 8.73. The van der Waals surface area contributed by atoms with Gasteiger partial charge in [-0.1, -0.05) is 26.0 Å². The lowest BCUT2D eigenvalue weighted by Crippen LogP contribution is -2.42. The van der Waals surface area contributed by atoms with Gasteiger partial charge < -0.3 is 9.64 Å². The van der Waals surface area contributed by atoms with Crippen molar-refractivity contribution in [3.63, 3.8) is 0 Å². The fourth-order valence-electron chi connectivity index (χ4n) is 2.23. The minimum Gasteiger partial charge on any atom is -0.480 e. The molecule has 0 N–H and O–H groups in total. The van der Waals surface area contributed by atoms with E-state index in [1.807, 2.05) is 19.9 Å². The van der Waals surface area contributed by atoms with E-state index in [0.717, 1.165) is 12.5 Å². The normalized spacial score (nSPS) is 12.6. The van der Waals surface area contributed by atoms with Crippen molar-refractivity contribution in [1.29, 1.82) is 5.26 Å². The molecule has 0 aromatic heterocycles. The maximum atomic E-state index is 13.0. The minimum atomic E-state index is -4.56. The second-order valence-electron chi connectivity index (χ2n) is 6.17. The third-order valence-corrected chi connectivity index (χ3v) is 3.63. The van der Waals surface area contributed by atoms with Crippen LogP contribution in [0.15, 0.2) is 24.3 Å². The molecule has 1 aromatic carbocycles. The zero-order valence-electron chi connectivity index (χ0n) is 14.6. The fraction of sp³-hybridized carbons (Fsp3) is 0.556. The molecule has 0 aliphatic carbocycles. The summed E-state index contributed by atoms with van der Waals surface area (Å²) in [4.78, 5) is 14.0. The number of nitriles is 1. The van der Waals surface area contributed by atoms with E-state index in [4.69, 9.17) is 10.00 Å². The summed E-state index contributed by atoms with van der Waals surface area (Å²) in [6, 6.07) is 6.78. The van der Waals surface area contributed by atoms with Crippen LogP contribution < -0.4 is 4.74 Å². The van der Waals surface area contributed by atoms with E-state index in [9.17, 15) is 18.0 Å². The predicted octanol–water partition coefficient (Wildman–Crippen LogP) is 4.26. The summed E-state index contributed by atoms with van der Waals surface area (Å²) in [7, 11) is 0. The fourth-order valence-corrected chi connectivity index (χ4v) is 2.23. The third kappa shape index (κ3) is 6.65. The number of ether oxygens (including phenoxy) is 1. The predicted molar refractivity (Wildman–Crippen MR) is 87.8 cm³/mol. The minimum absolute atomic E-state index is 0.162. The van der Waals surface area contributed by atoms with E-state index in [-0.39, 0.29) is 18.7 Å². The van der Waals surface area contributed by atoms with Crippen LogP contribution in [0.1, 0.15) is 39.2 Å². The van der Waals surface area contributed by atoms with Crippen molar-refractivity contribution in [2.75, 3.05) is 13.1 Å². The van der Waals surface area contributed by atoms with Gasteiger partial charge in [-0.2, -0.15) is 18.4 Å². The van der Waals surface area contributed by atoms with Crippen LogP contribution in [0, 0.1) is 17.2 Å². The van der Waals surface area contributed by atoms with Crippen LogP contribution in [0.25, 0.3) is 0 Å². The van der Waals surface area contributed by atoms with Gasteiger partial charge in [-0.3, -0.25) is 4.79 Å². The van der Waals surface area contributed by atoms with Gasteiger partial charge in [0.1, 0.15) is 5.75 Å². The number of benzene rings is 1. The zero-order valence-corrected chi connectivity index (χ0v) is 14.6. The summed E-state index contributed by atoms with van der Waals surface area (Å²) in [5.74, 6) is -0.438. The molecule has 0 heterocycles. The average molecular weight is 356 g/mol. The van der Waals surface area contributed by atoms with E-state index in [2.05, 4.69) is 0 Å². The van der Waals surface area contributed by atoms with Gasteiger partial charge in [0.15, 0.2) is 6.10 Å². The topological polar surface area (TPSA) is 53.3 Å². The molecule has 0 radical (unpaired) electrons. The first kappa shape index (κ1) is 20.8. The van der Waals surface area contributed by atoms with Crippen LogP contribution in [0.4, 0.5) is 13.2 Å². The summed E-state index contributed by atoms with van der Waals surface area (Å²) < 4.78 is 44.4. The highest BCUT2D eigenvalue weighted by atomic mass is 19.4. The molecule has 0 spiro atoms. The molecular weight excluding hydrogens is 333 g/mol. The van der Waals surface area contributed by atoms with Gasteiger partial charge in [0.2, 0.25) is 0 Å². The Hall–Kier alpha value is -2.23. The highest BCUT2D eigenvalue weighted by molar-refractivity contribution is 5.81. The molecule has 7 heteroatoms. The molecule has 0 fully saturated rings. The molecule has 1 amide bonds. The second-order valence-corrected chi connectivity index (χ2v) is 6.17. The smallest absolute Gasteiger partial charge is 0.419 e. The molecular formula is C18H23F3N2O2. The number of alkyl halides is 3. The van der Waals surface area contributed by atoms with Crippen molar-refractivity contribution < 1.29 is 22.7 Å². The van der Waals surface area contributed by atoms with E-state index >= 15 is 0 Å². The Kier molecular flexibility index (Phi) is 7.75. The Morgan fingerprint density at radius 3 is 2.44 bits per heavy atom. The number of hydrogen-bond acceptors (Lipinski definition) is 3. The molecule has 0 saturated heterocycles. The molecule has 1 rings (SSSR count). The number of halogens is 3. The summed E-state index contributed by atoms with van der Waals surface area (Å²) in [6.45, 7) is 6.10. The number of rotatable bonds is 8. The molecule has 138 valence electrons. The van der Waals surface area contributed by atoms with Crippen molar-refractivity contribution >= 4 is 5.91 Å². The second kappa shape index (κ2) is 9.30. The van der Waals surface area contributed by atoms with Gasteiger partial charge in [0.25, 0.3) is 5.91 Å². The molecule has 0 saturated carbocycles. The first-order valence-electron chi connectivity index (χ1n) is 8.15. The number of hydrogen-bond donors (Lipinski definition) is 0. The molecule has 0 aliphatic rings. The van der Waals surface area contributed by atoms with Gasteiger partial charge in [-0.25, -0.2) is 0 Å². The van der Waals surface area contributed by atoms with E-state index in [1.54, 1.807) is 0 Å².